The Morgan fingerprint density at radius 1 is 1.45 bits per heavy atom. The number of nitrogens with one attached hydrogen (secondary N) is 1. The lowest BCUT2D eigenvalue weighted by atomic mass is 9.87. The Bertz CT molecular complexity index is 516. The Kier molecular flexibility index (Phi) is 5.53. The van der Waals surface area contributed by atoms with Crippen molar-refractivity contribution in [1.82, 2.24) is 15.4 Å². The summed E-state index contributed by atoms with van der Waals surface area (Å²) in [4.78, 5) is 25.1. The second-order valence-corrected chi connectivity index (χ2v) is 5.75. The van der Waals surface area contributed by atoms with Gasteiger partial charge in [-0.05, 0) is 25.3 Å². The van der Waals surface area contributed by atoms with E-state index in [0.717, 1.165) is 11.4 Å². The van der Waals surface area contributed by atoms with E-state index in [1.807, 2.05) is 13.0 Å². The number of ketones is 1. The largest absolute Gasteiger partial charge is 0.305 e. The van der Waals surface area contributed by atoms with Crippen LogP contribution in [0.15, 0.2) is 11.8 Å². The van der Waals surface area contributed by atoms with Crippen LogP contribution in [0, 0.1) is 12.3 Å². The van der Waals surface area contributed by atoms with Gasteiger partial charge in [0.2, 0.25) is 0 Å². The predicted molar refractivity (Wildman–Crippen MR) is 79.2 cm³/mol. The second-order valence-electron chi connectivity index (χ2n) is 5.75. The van der Waals surface area contributed by atoms with E-state index in [4.69, 9.17) is 0 Å². The minimum absolute atomic E-state index is 0.0842. The number of Topliss-reactive ketones (excluding diaryl/α,β-unsaturated/α-hetero) is 1. The number of nitrogens with zero attached hydrogens (tertiary/aromatic N) is 2. The van der Waals surface area contributed by atoms with Crippen molar-refractivity contribution in [3.05, 3.63) is 28.9 Å². The molecule has 0 aromatic carbocycles. The van der Waals surface area contributed by atoms with Gasteiger partial charge in [-0.25, -0.2) is 4.98 Å². The number of hydroxylamine groups is 1. The van der Waals surface area contributed by atoms with Crippen LogP contribution in [-0.2, 0) is 4.84 Å². The molecule has 0 saturated heterocycles. The number of allylic oxidation sites excluding steroid dienone is 1. The molecule has 5 nitrogen and oxygen atoms in total. The molecule has 0 aliphatic heterocycles. The second kappa shape index (κ2) is 6.72. The molecule has 0 radical (unpaired) electrons. The summed E-state index contributed by atoms with van der Waals surface area (Å²) in [6.45, 7) is 10.5. The molecule has 1 N–H and O–H groups in total. The van der Waals surface area contributed by atoms with Crippen molar-refractivity contribution >= 4 is 11.9 Å². The molecule has 110 valence electrons. The highest BCUT2D eigenvalue weighted by atomic mass is 16.6. The summed E-state index contributed by atoms with van der Waals surface area (Å²) >= 11 is 0. The van der Waals surface area contributed by atoms with E-state index >= 15 is 0 Å². The number of aryl methyl sites for hydroxylation is 1. The third-order valence-electron chi connectivity index (χ3n) is 3.18. The Hall–Kier alpha value is -1.59. The van der Waals surface area contributed by atoms with Gasteiger partial charge in [0.05, 0.1) is 31.2 Å². The molecule has 0 spiro atoms. The van der Waals surface area contributed by atoms with E-state index in [1.54, 1.807) is 0 Å². The summed E-state index contributed by atoms with van der Waals surface area (Å²) in [6.07, 6.45) is 3.53. The van der Waals surface area contributed by atoms with Gasteiger partial charge in [-0.1, -0.05) is 26.3 Å². The summed E-state index contributed by atoms with van der Waals surface area (Å²) < 4.78 is 0. The van der Waals surface area contributed by atoms with Gasteiger partial charge in [0.15, 0.2) is 5.78 Å². The van der Waals surface area contributed by atoms with E-state index in [2.05, 4.69) is 48.0 Å². The number of carbonyl (C=O) groups excluding carboxylic acids is 1. The number of hydrogen-bond acceptors (Lipinski definition) is 5. The van der Waals surface area contributed by atoms with Crippen molar-refractivity contribution in [3.63, 3.8) is 0 Å². The minimum Gasteiger partial charge on any atom is -0.305 e. The molecule has 20 heavy (non-hydrogen) atoms. The van der Waals surface area contributed by atoms with E-state index in [1.165, 1.54) is 18.9 Å². The van der Waals surface area contributed by atoms with E-state index in [0.29, 0.717) is 5.69 Å². The van der Waals surface area contributed by atoms with Gasteiger partial charge in [0.25, 0.3) is 0 Å². The van der Waals surface area contributed by atoms with E-state index < -0.39 is 0 Å². The van der Waals surface area contributed by atoms with Crippen LogP contribution in [0.4, 0.5) is 0 Å². The fourth-order valence-electron chi connectivity index (χ4n) is 1.42. The first-order valence-electron chi connectivity index (χ1n) is 6.57. The Morgan fingerprint density at radius 3 is 2.60 bits per heavy atom. The predicted octanol–water partition coefficient (Wildman–Crippen LogP) is 2.57. The Balaban J connectivity index is 2.97. The van der Waals surface area contributed by atoms with Gasteiger partial charge in [0, 0.05) is 0 Å². The molecule has 0 saturated carbocycles. The smallest absolute Gasteiger partial charge is 0.198 e. The summed E-state index contributed by atoms with van der Waals surface area (Å²) in [5.41, 5.74) is 5.70. The fourth-order valence-corrected chi connectivity index (χ4v) is 1.42. The fraction of sp³-hybridized carbons (Fsp3) is 0.533. The number of aromatic nitrogens is 2. The van der Waals surface area contributed by atoms with Crippen molar-refractivity contribution in [2.45, 2.75) is 34.6 Å². The first-order chi connectivity index (χ1) is 9.25. The Morgan fingerprint density at radius 2 is 2.10 bits per heavy atom. The number of hydrogen-bond donors (Lipinski definition) is 1. The lowest BCUT2D eigenvalue weighted by Crippen LogP contribution is -2.23. The molecule has 1 heterocycles. The van der Waals surface area contributed by atoms with Gasteiger partial charge in [-0.3, -0.25) is 9.78 Å². The van der Waals surface area contributed by atoms with Crippen LogP contribution in [-0.4, -0.2) is 29.4 Å². The minimum atomic E-state index is -0.148. The van der Waals surface area contributed by atoms with Gasteiger partial charge in [-0.2, -0.15) is 5.48 Å². The average molecular weight is 277 g/mol. The quantitative estimate of drug-likeness (QED) is 0.662. The van der Waals surface area contributed by atoms with Crippen molar-refractivity contribution in [1.29, 1.82) is 0 Å². The van der Waals surface area contributed by atoms with Crippen LogP contribution in [0.5, 0.6) is 0 Å². The van der Waals surface area contributed by atoms with Crippen LogP contribution < -0.4 is 5.48 Å². The van der Waals surface area contributed by atoms with Crippen LogP contribution in [0.2, 0.25) is 0 Å². The molecular formula is C15H23N3O2. The zero-order chi connectivity index (χ0) is 15.3. The maximum Gasteiger partial charge on any atom is 0.198 e. The molecule has 5 heteroatoms. The first kappa shape index (κ1) is 16.5. The summed E-state index contributed by atoms with van der Waals surface area (Å²) in [7, 11) is 1.47. The zero-order valence-electron chi connectivity index (χ0n) is 13.1. The molecule has 1 rings (SSSR count). The monoisotopic (exact) mass is 277 g/mol. The van der Waals surface area contributed by atoms with Gasteiger partial charge in [-0.15, -0.1) is 0 Å². The van der Waals surface area contributed by atoms with Crippen LogP contribution >= 0.6 is 0 Å². The van der Waals surface area contributed by atoms with E-state index in [9.17, 15) is 4.79 Å². The molecule has 0 amide bonds. The van der Waals surface area contributed by atoms with Gasteiger partial charge < -0.3 is 4.84 Å². The summed E-state index contributed by atoms with van der Waals surface area (Å²) in [5, 5.41) is 0. The molecule has 1 aromatic heterocycles. The van der Waals surface area contributed by atoms with Crippen molar-refractivity contribution in [3.8, 4) is 0 Å². The molecule has 0 unspecified atom stereocenters. The lowest BCUT2D eigenvalue weighted by Gasteiger charge is -2.19. The van der Waals surface area contributed by atoms with Crippen molar-refractivity contribution in [2.75, 3.05) is 13.7 Å². The van der Waals surface area contributed by atoms with Crippen molar-refractivity contribution < 1.29 is 9.63 Å². The van der Waals surface area contributed by atoms with Crippen LogP contribution in [0.25, 0.3) is 6.08 Å². The maximum absolute atomic E-state index is 11.8. The number of rotatable bonds is 5. The van der Waals surface area contributed by atoms with E-state index in [-0.39, 0.29) is 17.7 Å². The Labute approximate surface area is 120 Å². The normalized spacial score (nSPS) is 12.6. The first-order valence-corrected chi connectivity index (χ1v) is 6.57. The molecule has 0 atom stereocenters. The maximum atomic E-state index is 11.8. The SMILES string of the molecule is CONCC(=O)c1cnc(/C=C(\C)C(C)(C)C)c(C)n1. The summed E-state index contributed by atoms with van der Waals surface area (Å²) in [5.74, 6) is -0.148. The average Bonchev–Trinajstić information content (AvgIpc) is 2.37. The zero-order valence-corrected chi connectivity index (χ0v) is 13.1. The molecule has 1 aromatic rings. The molecule has 0 aliphatic carbocycles. The number of carbonyl (C=O) groups is 1. The molecule has 0 fully saturated rings. The topological polar surface area (TPSA) is 64.1 Å². The molecular weight excluding hydrogens is 254 g/mol. The van der Waals surface area contributed by atoms with Crippen LogP contribution in [0.3, 0.4) is 0 Å². The highest BCUT2D eigenvalue weighted by Gasteiger charge is 2.14. The van der Waals surface area contributed by atoms with Gasteiger partial charge >= 0.3 is 0 Å². The van der Waals surface area contributed by atoms with Crippen LogP contribution in [0.1, 0.15) is 49.6 Å². The third-order valence-corrected chi connectivity index (χ3v) is 3.18. The molecule has 0 bridgehead atoms. The van der Waals surface area contributed by atoms with Crippen molar-refractivity contribution in [2.24, 2.45) is 5.41 Å². The summed E-state index contributed by atoms with van der Waals surface area (Å²) in [6, 6.07) is 0. The lowest BCUT2D eigenvalue weighted by molar-refractivity contribution is 0.0731. The van der Waals surface area contributed by atoms with Gasteiger partial charge in [0.1, 0.15) is 5.69 Å². The molecule has 0 aliphatic rings. The highest BCUT2D eigenvalue weighted by molar-refractivity contribution is 5.95. The third kappa shape index (κ3) is 4.51. The standard InChI is InChI=1S/C15H23N3O2/c1-10(15(3,4)5)7-12-11(2)18-13(8-16-12)14(19)9-17-20-6/h7-8,17H,9H2,1-6H3/b10-7+. The highest BCUT2D eigenvalue weighted by Crippen LogP contribution is 2.26.